The zero-order valence-corrected chi connectivity index (χ0v) is 18.4. The van der Waals surface area contributed by atoms with Gasteiger partial charge in [0.1, 0.15) is 0 Å². The fourth-order valence-electron chi connectivity index (χ4n) is 4.57. The van der Waals surface area contributed by atoms with Crippen LogP contribution in [0.3, 0.4) is 0 Å². The number of hydrogen-bond donors (Lipinski definition) is 0. The maximum atomic E-state index is 5.11. The molecular weight excluding hydrogens is 422 g/mol. The second kappa shape index (κ2) is 7.19. The molecule has 0 saturated heterocycles. The Hall–Kier alpha value is -4.15. The summed E-state index contributed by atoms with van der Waals surface area (Å²) < 4.78 is 2.55. The van der Waals surface area contributed by atoms with Gasteiger partial charge in [-0.15, -0.1) is 11.3 Å². The Bertz CT molecular complexity index is 1830. The van der Waals surface area contributed by atoms with Crippen molar-refractivity contribution in [1.29, 1.82) is 0 Å². The van der Waals surface area contributed by atoms with Crippen molar-refractivity contribution in [2.24, 2.45) is 0 Å². The summed E-state index contributed by atoms with van der Waals surface area (Å²) in [5.74, 6) is 0.732. The first-order valence-corrected chi connectivity index (χ1v) is 11.7. The minimum absolute atomic E-state index is 0.732. The van der Waals surface area contributed by atoms with Crippen LogP contribution >= 0.6 is 11.3 Å². The third-order valence-electron chi connectivity index (χ3n) is 6.13. The van der Waals surface area contributed by atoms with Gasteiger partial charge in [-0.3, -0.25) is 4.98 Å². The van der Waals surface area contributed by atoms with Gasteiger partial charge in [-0.05, 0) is 24.3 Å². The van der Waals surface area contributed by atoms with E-state index in [2.05, 4.69) is 83.8 Å². The van der Waals surface area contributed by atoms with Crippen LogP contribution in [0.25, 0.3) is 64.6 Å². The van der Waals surface area contributed by atoms with E-state index in [1.54, 1.807) is 0 Å². The molecule has 0 radical (unpaired) electrons. The molecule has 7 rings (SSSR count). The molecular formula is C29H17N3S. The normalized spacial score (nSPS) is 11.6. The summed E-state index contributed by atoms with van der Waals surface area (Å²) in [6, 6.07) is 33.6. The van der Waals surface area contributed by atoms with E-state index in [0.29, 0.717) is 0 Å². The SMILES string of the molecule is c1cnc2c(-c3nc(-c4ccc5c(c4)sc4ccccc45)nc4ccccc34)cccc2c1. The maximum absolute atomic E-state index is 5.11. The molecule has 0 aliphatic carbocycles. The van der Waals surface area contributed by atoms with Crippen LogP contribution in [-0.4, -0.2) is 15.0 Å². The molecule has 0 atom stereocenters. The fraction of sp³-hybridized carbons (Fsp3) is 0. The highest BCUT2D eigenvalue weighted by atomic mass is 32.1. The van der Waals surface area contributed by atoms with Crippen molar-refractivity contribution >= 4 is 53.3 Å². The first-order chi connectivity index (χ1) is 16.3. The third-order valence-corrected chi connectivity index (χ3v) is 7.26. The Balaban J connectivity index is 1.50. The molecule has 3 aromatic heterocycles. The predicted octanol–water partition coefficient (Wildman–Crippen LogP) is 7.88. The van der Waals surface area contributed by atoms with Gasteiger partial charge in [0.25, 0.3) is 0 Å². The van der Waals surface area contributed by atoms with E-state index >= 15 is 0 Å². The van der Waals surface area contributed by atoms with Crippen molar-refractivity contribution in [1.82, 2.24) is 15.0 Å². The molecule has 0 spiro atoms. The highest BCUT2D eigenvalue weighted by Gasteiger charge is 2.15. The van der Waals surface area contributed by atoms with E-state index < -0.39 is 0 Å². The van der Waals surface area contributed by atoms with Crippen LogP contribution in [0, 0.1) is 0 Å². The number of fused-ring (bicyclic) bond motifs is 5. The summed E-state index contributed by atoms with van der Waals surface area (Å²) in [5, 5.41) is 4.71. The largest absolute Gasteiger partial charge is 0.256 e. The van der Waals surface area contributed by atoms with Crippen molar-refractivity contribution < 1.29 is 0 Å². The molecule has 33 heavy (non-hydrogen) atoms. The van der Waals surface area contributed by atoms with E-state index in [-0.39, 0.29) is 0 Å². The number of hydrogen-bond acceptors (Lipinski definition) is 4. The standard InChI is InChI=1S/C29H17N3S/c1-3-12-24-22(10-1)28(23-11-5-7-18-8-6-16-30-27(18)23)32-29(31-24)19-14-15-21-20-9-2-4-13-25(20)33-26(21)17-19/h1-17H. The maximum Gasteiger partial charge on any atom is 0.160 e. The second-order valence-electron chi connectivity index (χ2n) is 8.10. The average molecular weight is 440 g/mol. The molecule has 0 unspecified atom stereocenters. The lowest BCUT2D eigenvalue weighted by molar-refractivity contribution is 1.23. The first kappa shape index (κ1) is 18.4. The summed E-state index contributed by atoms with van der Waals surface area (Å²) >= 11 is 1.81. The molecule has 0 aliphatic rings. The predicted molar refractivity (Wildman–Crippen MR) is 139 cm³/mol. The van der Waals surface area contributed by atoms with Crippen molar-refractivity contribution in [3.63, 3.8) is 0 Å². The highest BCUT2D eigenvalue weighted by molar-refractivity contribution is 7.25. The number of para-hydroxylation sites is 2. The molecule has 154 valence electrons. The number of pyridine rings is 1. The summed E-state index contributed by atoms with van der Waals surface area (Å²) in [6.45, 7) is 0. The van der Waals surface area contributed by atoms with Crippen molar-refractivity contribution in [2.75, 3.05) is 0 Å². The van der Waals surface area contributed by atoms with E-state index in [1.807, 2.05) is 35.7 Å². The molecule has 3 heterocycles. The van der Waals surface area contributed by atoms with Gasteiger partial charge in [-0.2, -0.15) is 0 Å². The molecule has 0 bridgehead atoms. The quantitative estimate of drug-likeness (QED) is 0.275. The van der Waals surface area contributed by atoms with Gasteiger partial charge >= 0.3 is 0 Å². The Labute approximate surface area is 194 Å². The van der Waals surface area contributed by atoms with E-state index in [0.717, 1.165) is 44.5 Å². The van der Waals surface area contributed by atoms with Gasteiger partial charge in [0.2, 0.25) is 0 Å². The lowest BCUT2D eigenvalue weighted by atomic mass is 10.0. The van der Waals surface area contributed by atoms with E-state index in [1.165, 1.54) is 20.2 Å². The fourth-order valence-corrected chi connectivity index (χ4v) is 5.72. The van der Waals surface area contributed by atoms with Crippen LogP contribution in [0.4, 0.5) is 0 Å². The summed E-state index contributed by atoms with van der Waals surface area (Å²) in [7, 11) is 0. The van der Waals surface area contributed by atoms with Crippen LogP contribution in [-0.2, 0) is 0 Å². The van der Waals surface area contributed by atoms with Crippen molar-refractivity contribution in [2.45, 2.75) is 0 Å². The van der Waals surface area contributed by atoms with Gasteiger partial charge in [0.05, 0.1) is 16.7 Å². The number of nitrogens with zero attached hydrogens (tertiary/aromatic N) is 3. The van der Waals surface area contributed by atoms with Gasteiger partial charge in [0.15, 0.2) is 5.82 Å². The molecule has 0 saturated carbocycles. The zero-order valence-electron chi connectivity index (χ0n) is 17.6. The van der Waals surface area contributed by atoms with Gasteiger partial charge < -0.3 is 0 Å². The van der Waals surface area contributed by atoms with E-state index in [9.17, 15) is 0 Å². The van der Waals surface area contributed by atoms with Crippen LogP contribution in [0.5, 0.6) is 0 Å². The van der Waals surface area contributed by atoms with Crippen LogP contribution < -0.4 is 0 Å². The summed E-state index contributed by atoms with van der Waals surface area (Å²) in [4.78, 5) is 14.7. The number of rotatable bonds is 2. The molecule has 0 fully saturated rings. The average Bonchev–Trinajstić information content (AvgIpc) is 3.25. The van der Waals surface area contributed by atoms with Crippen molar-refractivity contribution in [3.05, 3.63) is 103 Å². The molecule has 4 aromatic carbocycles. The Morgan fingerprint density at radius 3 is 2.39 bits per heavy atom. The minimum Gasteiger partial charge on any atom is -0.256 e. The second-order valence-corrected chi connectivity index (χ2v) is 9.19. The van der Waals surface area contributed by atoms with Gasteiger partial charge in [-0.25, -0.2) is 9.97 Å². The first-order valence-electron chi connectivity index (χ1n) is 10.9. The summed E-state index contributed by atoms with van der Waals surface area (Å²) in [6.07, 6.45) is 1.84. The van der Waals surface area contributed by atoms with Gasteiger partial charge in [0, 0.05) is 48.3 Å². The number of thiophene rings is 1. The number of benzene rings is 4. The lowest BCUT2D eigenvalue weighted by Gasteiger charge is -2.11. The molecule has 0 aliphatic heterocycles. The van der Waals surface area contributed by atoms with Gasteiger partial charge in [-0.1, -0.05) is 72.8 Å². The molecule has 7 aromatic rings. The minimum atomic E-state index is 0.732. The molecule has 4 heteroatoms. The van der Waals surface area contributed by atoms with Crippen molar-refractivity contribution in [3.8, 4) is 22.6 Å². The Morgan fingerprint density at radius 2 is 1.42 bits per heavy atom. The summed E-state index contributed by atoms with van der Waals surface area (Å²) in [5.41, 5.74) is 4.85. The van der Waals surface area contributed by atoms with Crippen LogP contribution in [0.15, 0.2) is 103 Å². The topological polar surface area (TPSA) is 38.7 Å². The highest BCUT2D eigenvalue weighted by Crippen LogP contribution is 2.37. The number of aromatic nitrogens is 3. The lowest BCUT2D eigenvalue weighted by Crippen LogP contribution is -1.96. The van der Waals surface area contributed by atoms with Crippen LogP contribution in [0.2, 0.25) is 0 Å². The van der Waals surface area contributed by atoms with E-state index in [4.69, 9.17) is 9.97 Å². The zero-order chi connectivity index (χ0) is 21.8. The molecule has 0 N–H and O–H groups in total. The smallest absolute Gasteiger partial charge is 0.160 e. The Kier molecular flexibility index (Phi) is 4.01. The third kappa shape index (κ3) is 2.92. The monoisotopic (exact) mass is 439 g/mol. The molecule has 3 nitrogen and oxygen atoms in total. The molecule has 0 amide bonds. The Morgan fingerprint density at radius 1 is 0.606 bits per heavy atom. The van der Waals surface area contributed by atoms with Crippen LogP contribution in [0.1, 0.15) is 0 Å².